The lowest BCUT2D eigenvalue weighted by atomic mass is 10.2. The van der Waals surface area contributed by atoms with E-state index in [1.807, 2.05) is 0 Å². The molecule has 0 atom stereocenters. The van der Waals surface area contributed by atoms with Crippen molar-refractivity contribution < 1.29 is 14.4 Å². The van der Waals surface area contributed by atoms with Crippen molar-refractivity contribution in [3.63, 3.8) is 0 Å². The van der Waals surface area contributed by atoms with E-state index < -0.39 is 4.92 Å². The van der Waals surface area contributed by atoms with Gasteiger partial charge in [0.25, 0.3) is 0 Å². The molecule has 2 N–H and O–H groups in total. The van der Waals surface area contributed by atoms with Crippen LogP contribution < -0.4 is 20.1 Å². The number of aromatic nitrogens is 2. The van der Waals surface area contributed by atoms with Crippen LogP contribution in [0.3, 0.4) is 0 Å². The van der Waals surface area contributed by atoms with Crippen molar-refractivity contribution in [1.82, 2.24) is 15.1 Å². The van der Waals surface area contributed by atoms with Gasteiger partial charge in [-0.25, -0.2) is 0 Å². The Morgan fingerprint density at radius 1 is 1.36 bits per heavy atom. The second kappa shape index (κ2) is 8.29. The van der Waals surface area contributed by atoms with E-state index in [0.29, 0.717) is 41.1 Å². The molecule has 0 spiro atoms. The first-order valence-electron chi connectivity index (χ1n) is 7.40. The molecule has 0 saturated heterocycles. The number of hydrogen-bond donors (Lipinski definition) is 2. The van der Waals surface area contributed by atoms with E-state index in [1.54, 1.807) is 44.0 Å². The molecule has 1 aromatic carbocycles. The van der Waals surface area contributed by atoms with Crippen molar-refractivity contribution in [3.8, 4) is 11.5 Å². The van der Waals surface area contributed by atoms with Crippen molar-refractivity contribution in [1.29, 1.82) is 0 Å². The Morgan fingerprint density at radius 3 is 2.72 bits per heavy atom. The molecule has 0 saturated carbocycles. The van der Waals surface area contributed by atoms with Gasteiger partial charge in [-0.2, -0.15) is 4.68 Å². The van der Waals surface area contributed by atoms with Gasteiger partial charge in [0.1, 0.15) is 11.5 Å². The maximum atomic E-state index is 10.7. The molecule has 0 aliphatic heterocycles. The first kappa shape index (κ1) is 18.5. The standard InChI is InChI=1S/C15H19N5O4S/c1-10-8-14(20(21)22)18-19(10)7-6-16-15(25)17-12-5-4-11(23-2)9-13(12)24-3/h4-5,8-9H,6-7H2,1-3H3,(H2,16,17,25). The van der Waals surface area contributed by atoms with Crippen LogP contribution in [-0.4, -0.2) is 40.6 Å². The van der Waals surface area contributed by atoms with E-state index in [9.17, 15) is 10.1 Å². The number of ether oxygens (including phenoxy) is 2. The summed E-state index contributed by atoms with van der Waals surface area (Å²) in [6.07, 6.45) is 0. The number of methoxy groups -OCH3 is 2. The largest absolute Gasteiger partial charge is 0.497 e. The summed E-state index contributed by atoms with van der Waals surface area (Å²) in [6.45, 7) is 2.67. The monoisotopic (exact) mass is 365 g/mol. The summed E-state index contributed by atoms with van der Waals surface area (Å²) in [7, 11) is 3.14. The predicted molar refractivity (Wildman–Crippen MR) is 97.4 cm³/mol. The summed E-state index contributed by atoms with van der Waals surface area (Å²) in [6, 6.07) is 6.77. The van der Waals surface area contributed by atoms with Gasteiger partial charge in [-0.05, 0) is 36.2 Å². The molecule has 2 aromatic rings. The molecular weight excluding hydrogens is 346 g/mol. The Bertz CT molecular complexity index is 777. The van der Waals surface area contributed by atoms with Crippen LogP contribution in [0.2, 0.25) is 0 Å². The van der Waals surface area contributed by atoms with Crippen LogP contribution in [0, 0.1) is 17.0 Å². The van der Waals surface area contributed by atoms with E-state index in [1.165, 1.54) is 6.07 Å². The lowest BCUT2D eigenvalue weighted by Gasteiger charge is -2.14. The zero-order valence-electron chi connectivity index (χ0n) is 14.1. The lowest BCUT2D eigenvalue weighted by molar-refractivity contribution is -0.389. The molecule has 0 unspecified atom stereocenters. The van der Waals surface area contributed by atoms with Gasteiger partial charge in [0, 0.05) is 12.6 Å². The van der Waals surface area contributed by atoms with Crippen LogP contribution in [0.5, 0.6) is 11.5 Å². The Hall–Kier alpha value is -2.88. The molecule has 0 fully saturated rings. The first-order valence-corrected chi connectivity index (χ1v) is 7.81. The van der Waals surface area contributed by atoms with Crippen molar-refractivity contribution in [2.24, 2.45) is 0 Å². The van der Waals surface area contributed by atoms with Gasteiger partial charge in [-0.3, -0.25) is 0 Å². The number of aryl methyl sites for hydroxylation is 1. The lowest BCUT2D eigenvalue weighted by Crippen LogP contribution is -2.31. The van der Waals surface area contributed by atoms with Gasteiger partial charge < -0.3 is 30.2 Å². The number of rotatable bonds is 7. The van der Waals surface area contributed by atoms with Crippen LogP contribution in [0.25, 0.3) is 0 Å². The molecule has 0 aliphatic carbocycles. The van der Waals surface area contributed by atoms with Gasteiger partial charge >= 0.3 is 5.82 Å². The second-order valence-electron chi connectivity index (χ2n) is 5.07. The van der Waals surface area contributed by atoms with Crippen LogP contribution in [0.4, 0.5) is 11.5 Å². The molecule has 0 bridgehead atoms. The van der Waals surface area contributed by atoms with Gasteiger partial charge in [0.05, 0.1) is 43.3 Å². The quantitative estimate of drug-likeness (QED) is 0.437. The Morgan fingerprint density at radius 2 is 2.12 bits per heavy atom. The van der Waals surface area contributed by atoms with E-state index in [2.05, 4.69) is 15.7 Å². The Labute approximate surface area is 150 Å². The number of thiocarbonyl (C=S) groups is 1. The summed E-state index contributed by atoms with van der Waals surface area (Å²) < 4.78 is 12.0. The number of nitrogens with zero attached hydrogens (tertiary/aromatic N) is 3. The first-order chi connectivity index (χ1) is 11.9. The molecule has 134 valence electrons. The molecule has 10 heteroatoms. The zero-order valence-corrected chi connectivity index (χ0v) is 14.9. The molecule has 25 heavy (non-hydrogen) atoms. The number of nitrogens with one attached hydrogen (secondary N) is 2. The molecule has 9 nitrogen and oxygen atoms in total. The minimum atomic E-state index is -0.515. The normalized spacial score (nSPS) is 10.2. The van der Waals surface area contributed by atoms with E-state index in [0.717, 1.165) is 0 Å². The van der Waals surface area contributed by atoms with Crippen molar-refractivity contribution in [2.45, 2.75) is 13.5 Å². The van der Waals surface area contributed by atoms with Crippen LogP contribution in [0.15, 0.2) is 24.3 Å². The van der Waals surface area contributed by atoms with Gasteiger partial charge in [0.2, 0.25) is 0 Å². The fourth-order valence-electron chi connectivity index (χ4n) is 2.15. The highest BCUT2D eigenvalue weighted by Gasteiger charge is 2.15. The molecule has 1 aromatic heterocycles. The summed E-state index contributed by atoms with van der Waals surface area (Å²) >= 11 is 5.25. The topological polar surface area (TPSA) is 103 Å². The number of nitro groups is 1. The minimum Gasteiger partial charge on any atom is -0.497 e. The average molecular weight is 365 g/mol. The van der Waals surface area contributed by atoms with Crippen LogP contribution in [0.1, 0.15) is 5.69 Å². The molecule has 0 radical (unpaired) electrons. The van der Waals surface area contributed by atoms with E-state index >= 15 is 0 Å². The smallest absolute Gasteiger partial charge is 0.390 e. The number of anilines is 1. The third-order valence-corrected chi connectivity index (χ3v) is 3.67. The third kappa shape index (κ3) is 4.80. The fraction of sp³-hybridized carbons (Fsp3) is 0.333. The van der Waals surface area contributed by atoms with Crippen molar-refractivity contribution >= 4 is 28.8 Å². The van der Waals surface area contributed by atoms with Gasteiger partial charge in [-0.1, -0.05) is 0 Å². The summed E-state index contributed by atoms with van der Waals surface area (Å²) in [5.74, 6) is 1.11. The summed E-state index contributed by atoms with van der Waals surface area (Å²) in [5, 5.41) is 21.1. The van der Waals surface area contributed by atoms with E-state index in [4.69, 9.17) is 21.7 Å². The predicted octanol–water partition coefficient (Wildman–Crippen LogP) is 2.10. The summed E-state index contributed by atoms with van der Waals surface area (Å²) in [5.41, 5.74) is 1.41. The second-order valence-corrected chi connectivity index (χ2v) is 5.48. The highest BCUT2D eigenvalue weighted by molar-refractivity contribution is 7.80. The van der Waals surface area contributed by atoms with Crippen LogP contribution >= 0.6 is 12.2 Å². The Kier molecular flexibility index (Phi) is 6.12. The molecule has 1 heterocycles. The Balaban J connectivity index is 1.90. The van der Waals surface area contributed by atoms with Crippen molar-refractivity contribution in [2.75, 3.05) is 26.1 Å². The highest BCUT2D eigenvalue weighted by Crippen LogP contribution is 2.28. The van der Waals surface area contributed by atoms with Gasteiger partial charge in [-0.15, -0.1) is 0 Å². The molecule has 2 rings (SSSR count). The number of benzene rings is 1. The fourth-order valence-corrected chi connectivity index (χ4v) is 2.36. The summed E-state index contributed by atoms with van der Waals surface area (Å²) in [4.78, 5) is 10.2. The zero-order chi connectivity index (χ0) is 18.4. The highest BCUT2D eigenvalue weighted by atomic mass is 32.1. The molecule has 0 amide bonds. The SMILES string of the molecule is COc1ccc(NC(=S)NCCn2nc([N+](=O)[O-])cc2C)c(OC)c1. The molecule has 0 aliphatic rings. The maximum absolute atomic E-state index is 10.7. The van der Waals surface area contributed by atoms with Gasteiger partial charge in [0.15, 0.2) is 5.11 Å². The van der Waals surface area contributed by atoms with Crippen LogP contribution in [-0.2, 0) is 6.54 Å². The van der Waals surface area contributed by atoms with Crippen molar-refractivity contribution in [3.05, 3.63) is 40.1 Å². The number of hydrogen-bond acceptors (Lipinski definition) is 6. The third-order valence-electron chi connectivity index (χ3n) is 3.42. The average Bonchev–Trinajstić information content (AvgIpc) is 2.96. The minimum absolute atomic E-state index is 0.166. The molecular formula is C15H19N5O4S. The van der Waals surface area contributed by atoms with E-state index in [-0.39, 0.29) is 5.82 Å². The maximum Gasteiger partial charge on any atom is 0.390 e.